The Labute approximate surface area is 121 Å². The third-order valence-corrected chi connectivity index (χ3v) is 3.76. The van der Waals surface area contributed by atoms with E-state index in [0.717, 1.165) is 49.6 Å². The van der Waals surface area contributed by atoms with Crippen molar-refractivity contribution in [1.82, 2.24) is 9.66 Å². The average molecular weight is 300 g/mol. The molecule has 0 spiro atoms. The molecule has 0 unspecified atom stereocenters. The van der Waals surface area contributed by atoms with Crippen LogP contribution >= 0.6 is 23.2 Å². The Morgan fingerprint density at radius 2 is 2.05 bits per heavy atom. The Balaban J connectivity index is 2.13. The number of nitrogens with zero attached hydrogens (tertiary/aromatic N) is 3. The third kappa shape index (κ3) is 2.40. The van der Waals surface area contributed by atoms with E-state index in [-0.39, 0.29) is 0 Å². The quantitative estimate of drug-likeness (QED) is 0.816. The summed E-state index contributed by atoms with van der Waals surface area (Å²) in [5.41, 5.74) is 1.88. The topological polar surface area (TPSA) is 30.3 Å². The molecule has 0 bridgehead atoms. The highest BCUT2D eigenvalue weighted by molar-refractivity contribution is 6.34. The fourth-order valence-corrected chi connectivity index (χ4v) is 2.80. The second-order valence-corrected chi connectivity index (χ2v) is 5.24. The molecule has 0 atom stereocenters. The molecule has 102 valence electrons. The molecule has 1 fully saturated rings. The smallest absolute Gasteiger partial charge is 0.130 e. The maximum Gasteiger partial charge on any atom is 0.130 e. The first-order valence-corrected chi connectivity index (χ1v) is 7.27. The number of para-hydroxylation sites is 1. The molecule has 2 aromatic rings. The maximum atomic E-state index is 6.23. The highest BCUT2D eigenvalue weighted by atomic mass is 35.5. The zero-order valence-electron chi connectivity index (χ0n) is 10.5. The van der Waals surface area contributed by atoms with Crippen LogP contribution in [0.1, 0.15) is 5.82 Å². The van der Waals surface area contributed by atoms with Crippen LogP contribution in [0.5, 0.6) is 0 Å². The van der Waals surface area contributed by atoms with Gasteiger partial charge in [-0.3, -0.25) is 0 Å². The minimum absolute atomic E-state index is 0.547. The Kier molecular flexibility index (Phi) is 3.82. The number of halogens is 2. The fraction of sp³-hybridized carbons (Fsp3) is 0.462. The lowest BCUT2D eigenvalue weighted by Gasteiger charge is -2.31. The molecule has 4 nitrogen and oxygen atoms in total. The van der Waals surface area contributed by atoms with E-state index in [2.05, 4.69) is 14.7 Å². The molecule has 1 aliphatic heterocycles. The highest BCUT2D eigenvalue weighted by Crippen LogP contribution is 2.24. The minimum atomic E-state index is 0.547. The van der Waals surface area contributed by atoms with Gasteiger partial charge in [-0.25, -0.2) is 9.66 Å². The van der Waals surface area contributed by atoms with Gasteiger partial charge in [-0.1, -0.05) is 17.7 Å². The highest BCUT2D eigenvalue weighted by Gasteiger charge is 2.19. The van der Waals surface area contributed by atoms with E-state index in [1.165, 1.54) is 0 Å². The van der Waals surface area contributed by atoms with Crippen LogP contribution in [0.15, 0.2) is 18.2 Å². The van der Waals surface area contributed by atoms with Gasteiger partial charge in [0.05, 0.1) is 36.8 Å². The van der Waals surface area contributed by atoms with Gasteiger partial charge < -0.3 is 9.75 Å². The molecule has 1 aromatic carbocycles. The summed E-state index contributed by atoms with van der Waals surface area (Å²) in [6, 6.07) is 5.86. The Bertz CT molecular complexity index is 579. The molecule has 0 aliphatic carbocycles. The first-order valence-electron chi connectivity index (χ1n) is 6.36. The van der Waals surface area contributed by atoms with E-state index in [1.807, 2.05) is 18.2 Å². The van der Waals surface area contributed by atoms with Crippen LogP contribution in [0.25, 0.3) is 11.0 Å². The van der Waals surface area contributed by atoms with Crippen molar-refractivity contribution in [1.29, 1.82) is 0 Å². The molecule has 6 heteroatoms. The molecule has 2 heterocycles. The standard InChI is InChI=1S/C13H15Cl2N3O/c14-5-4-12-16-13-10(15)2-1-3-11(13)18(12)17-6-8-19-9-7-17/h1-3H,4-9H2. The van der Waals surface area contributed by atoms with Crippen molar-refractivity contribution >= 4 is 34.2 Å². The third-order valence-electron chi connectivity index (χ3n) is 3.27. The molecule has 0 amide bonds. The molecule has 19 heavy (non-hydrogen) atoms. The molecular formula is C13H15Cl2N3O. The number of morpholine rings is 1. The first-order chi connectivity index (χ1) is 9.31. The van der Waals surface area contributed by atoms with Gasteiger partial charge in [0.25, 0.3) is 0 Å². The molecule has 3 rings (SSSR count). The molecule has 1 saturated heterocycles. The van der Waals surface area contributed by atoms with E-state index in [9.17, 15) is 0 Å². The van der Waals surface area contributed by atoms with E-state index in [4.69, 9.17) is 27.9 Å². The average Bonchev–Trinajstić information content (AvgIpc) is 2.80. The number of fused-ring (bicyclic) bond motifs is 1. The number of hydrogen-bond donors (Lipinski definition) is 0. The number of ether oxygens (including phenoxy) is 1. The van der Waals surface area contributed by atoms with Crippen LogP contribution in [0.4, 0.5) is 0 Å². The number of hydrogen-bond acceptors (Lipinski definition) is 3. The number of aryl methyl sites for hydroxylation is 1. The van der Waals surface area contributed by atoms with Crippen LogP contribution in [0.2, 0.25) is 5.02 Å². The summed E-state index contributed by atoms with van der Waals surface area (Å²) in [5.74, 6) is 1.51. The van der Waals surface area contributed by atoms with Gasteiger partial charge in [0.1, 0.15) is 11.3 Å². The van der Waals surface area contributed by atoms with Crippen molar-refractivity contribution in [3.05, 3.63) is 29.0 Å². The van der Waals surface area contributed by atoms with Crippen molar-refractivity contribution < 1.29 is 4.74 Å². The zero-order chi connectivity index (χ0) is 13.2. The Hall–Kier alpha value is -0.970. The predicted molar refractivity (Wildman–Crippen MR) is 77.9 cm³/mol. The van der Waals surface area contributed by atoms with Gasteiger partial charge in [-0.05, 0) is 12.1 Å². The first kappa shape index (κ1) is 13.0. The molecule has 0 saturated carbocycles. The van der Waals surface area contributed by atoms with Crippen molar-refractivity contribution in [3.63, 3.8) is 0 Å². The van der Waals surface area contributed by atoms with E-state index >= 15 is 0 Å². The minimum Gasteiger partial charge on any atom is -0.378 e. The van der Waals surface area contributed by atoms with Gasteiger partial charge in [-0.2, -0.15) is 0 Å². The summed E-state index contributed by atoms with van der Waals surface area (Å²) in [6.45, 7) is 3.18. The lowest BCUT2D eigenvalue weighted by molar-refractivity contribution is 0.111. The number of imidazole rings is 1. The van der Waals surface area contributed by atoms with Gasteiger partial charge in [0.15, 0.2) is 0 Å². The maximum absolute atomic E-state index is 6.23. The molecule has 0 radical (unpaired) electrons. The fourth-order valence-electron chi connectivity index (χ4n) is 2.42. The van der Waals surface area contributed by atoms with Crippen LogP contribution in [-0.2, 0) is 11.2 Å². The molecular weight excluding hydrogens is 285 g/mol. The van der Waals surface area contributed by atoms with Gasteiger partial charge in [0, 0.05) is 12.3 Å². The monoisotopic (exact) mass is 299 g/mol. The van der Waals surface area contributed by atoms with E-state index in [0.29, 0.717) is 10.9 Å². The van der Waals surface area contributed by atoms with Crippen LogP contribution in [0.3, 0.4) is 0 Å². The molecule has 1 aromatic heterocycles. The van der Waals surface area contributed by atoms with Crippen molar-refractivity contribution in [2.75, 3.05) is 37.2 Å². The number of benzene rings is 1. The van der Waals surface area contributed by atoms with Crippen molar-refractivity contribution in [2.45, 2.75) is 6.42 Å². The van der Waals surface area contributed by atoms with Crippen molar-refractivity contribution in [3.8, 4) is 0 Å². The number of rotatable bonds is 3. The normalized spacial score (nSPS) is 16.2. The van der Waals surface area contributed by atoms with Gasteiger partial charge in [0.2, 0.25) is 0 Å². The number of aromatic nitrogens is 2. The summed E-state index contributed by atoms with van der Waals surface area (Å²) in [5, 5.41) is 2.93. The Morgan fingerprint density at radius 1 is 1.26 bits per heavy atom. The lowest BCUT2D eigenvalue weighted by atomic mass is 10.3. The second kappa shape index (κ2) is 5.57. The summed E-state index contributed by atoms with van der Waals surface area (Å²) >= 11 is 12.1. The zero-order valence-corrected chi connectivity index (χ0v) is 12.0. The summed E-state index contributed by atoms with van der Waals surface area (Å²) in [7, 11) is 0. The number of alkyl halides is 1. The van der Waals surface area contributed by atoms with Crippen LogP contribution in [-0.4, -0.2) is 41.8 Å². The molecule has 1 aliphatic rings. The van der Waals surface area contributed by atoms with Crippen LogP contribution in [0, 0.1) is 0 Å². The van der Waals surface area contributed by atoms with E-state index in [1.54, 1.807) is 0 Å². The summed E-state index contributed by atoms with van der Waals surface area (Å²) in [4.78, 5) is 4.64. The largest absolute Gasteiger partial charge is 0.378 e. The SMILES string of the molecule is ClCCc1nc2c(Cl)cccc2n1N1CCOCC1. The van der Waals surface area contributed by atoms with E-state index < -0.39 is 0 Å². The predicted octanol–water partition coefficient (Wildman–Crippen LogP) is 2.44. The Morgan fingerprint density at radius 3 is 2.79 bits per heavy atom. The second-order valence-electron chi connectivity index (χ2n) is 4.45. The molecule has 0 N–H and O–H groups in total. The summed E-state index contributed by atoms with van der Waals surface area (Å²) in [6.07, 6.45) is 0.726. The van der Waals surface area contributed by atoms with Crippen LogP contribution < -0.4 is 5.01 Å². The van der Waals surface area contributed by atoms with Gasteiger partial charge >= 0.3 is 0 Å². The lowest BCUT2D eigenvalue weighted by Crippen LogP contribution is -2.44. The summed E-state index contributed by atoms with van der Waals surface area (Å²) < 4.78 is 7.55. The van der Waals surface area contributed by atoms with Crippen molar-refractivity contribution in [2.24, 2.45) is 0 Å². The van der Waals surface area contributed by atoms with Gasteiger partial charge in [-0.15, -0.1) is 11.6 Å².